The highest BCUT2D eigenvalue weighted by atomic mass is 19.4. The number of methoxy groups -OCH3 is 2. The Labute approximate surface area is 195 Å². The van der Waals surface area contributed by atoms with Gasteiger partial charge < -0.3 is 19.2 Å². The minimum atomic E-state index is -4.43. The largest absolute Gasteiger partial charge is 0.496 e. The lowest BCUT2D eigenvalue weighted by Crippen LogP contribution is -2.27. The second-order valence-electron chi connectivity index (χ2n) is 7.53. The highest BCUT2D eigenvalue weighted by molar-refractivity contribution is 5.91. The number of rotatable bonds is 11. The average molecular weight is 477 g/mol. The summed E-state index contributed by atoms with van der Waals surface area (Å²) in [7, 11) is 3.08. The Bertz CT molecular complexity index is 1090. The molecule has 3 rings (SSSR count). The van der Waals surface area contributed by atoms with Crippen LogP contribution in [0.1, 0.15) is 33.1 Å². The molecule has 34 heavy (non-hydrogen) atoms. The number of aromatic nitrogens is 1. The number of amides is 1. The van der Waals surface area contributed by atoms with Crippen LogP contribution in [0.4, 0.5) is 13.2 Å². The zero-order chi connectivity index (χ0) is 24.6. The first-order valence-electron chi connectivity index (χ1n) is 10.5. The minimum absolute atomic E-state index is 0.113. The lowest BCUT2D eigenvalue weighted by atomic mass is 10.1. The van der Waals surface area contributed by atoms with Crippen LogP contribution >= 0.6 is 0 Å². The van der Waals surface area contributed by atoms with Crippen LogP contribution in [0.15, 0.2) is 59.2 Å². The van der Waals surface area contributed by atoms with Crippen LogP contribution < -0.4 is 10.1 Å². The summed E-state index contributed by atoms with van der Waals surface area (Å²) in [6.07, 6.45) is -3.18. The molecule has 2 aromatic carbocycles. The molecule has 0 unspecified atom stereocenters. The molecule has 0 bridgehead atoms. The van der Waals surface area contributed by atoms with Crippen molar-refractivity contribution in [3.05, 3.63) is 83.1 Å². The van der Waals surface area contributed by atoms with E-state index in [-0.39, 0.29) is 24.7 Å². The Balaban J connectivity index is 1.81. The van der Waals surface area contributed by atoms with Crippen molar-refractivity contribution in [1.29, 1.82) is 0 Å². The molecule has 1 heterocycles. The molecule has 0 fully saturated rings. The Morgan fingerprint density at radius 1 is 1.09 bits per heavy atom. The number of alkyl halides is 3. The Morgan fingerprint density at radius 3 is 2.62 bits per heavy atom. The highest BCUT2D eigenvalue weighted by Gasteiger charge is 2.30. The molecule has 1 N–H and O–H groups in total. The summed E-state index contributed by atoms with van der Waals surface area (Å²) in [6.45, 7) is 1.41. The van der Waals surface area contributed by atoms with Crippen molar-refractivity contribution in [2.45, 2.75) is 25.8 Å². The molecule has 1 amide bonds. The van der Waals surface area contributed by atoms with Crippen molar-refractivity contribution in [3.8, 4) is 5.75 Å². The van der Waals surface area contributed by atoms with E-state index in [1.54, 1.807) is 13.2 Å². The van der Waals surface area contributed by atoms with Crippen molar-refractivity contribution < 1.29 is 31.9 Å². The van der Waals surface area contributed by atoms with Crippen molar-refractivity contribution in [3.63, 3.8) is 0 Å². The topological polar surface area (TPSA) is 76.8 Å². The Kier molecular flexibility index (Phi) is 8.67. The van der Waals surface area contributed by atoms with E-state index in [9.17, 15) is 18.0 Å². The van der Waals surface area contributed by atoms with Gasteiger partial charge in [-0.25, -0.2) is 4.98 Å². The fourth-order valence-corrected chi connectivity index (χ4v) is 3.38. The average Bonchev–Trinajstić information content (AvgIpc) is 3.28. The van der Waals surface area contributed by atoms with Gasteiger partial charge in [-0.05, 0) is 17.7 Å². The number of carbonyl (C=O) groups is 1. The molecule has 0 spiro atoms. The predicted octanol–water partition coefficient (Wildman–Crippen LogP) is 4.28. The lowest BCUT2D eigenvalue weighted by molar-refractivity contribution is -0.137. The summed E-state index contributed by atoms with van der Waals surface area (Å²) in [5, 5.41) is 2.66. The van der Waals surface area contributed by atoms with E-state index < -0.39 is 17.6 Å². The molecule has 0 aliphatic carbocycles. The first kappa shape index (κ1) is 25.3. The summed E-state index contributed by atoms with van der Waals surface area (Å²) in [5.41, 5.74) is 0.727. The monoisotopic (exact) mass is 477 g/mol. The van der Waals surface area contributed by atoms with E-state index in [1.807, 2.05) is 29.2 Å². The van der Waals surface area contributed by atoms with Gasteiger partial charge in [0.05, 0.1) is 25.8 Å². The van der Waals surface area contributed by atoms with Gasteiger partial charge in [-0.15, -0.1) is 0 Å². The van der Waals surface area contributed by atoms with Crippen LogP contribution in [-0.4, -0.2) is 43.2 Å². The van der Waals surface area contributed by atoms with Gasteiger partial charge in [0, 0.05) is 32.3 Å². The van der Waals surface area contributed by atoms with E-state index in [4.69, 9.17) is 13.9 Å². The van der Waals surface area contributed by atoms with Gasteiger partial charge in [-0.1, -0.05) is 36.4 Å². The molecule has 7 nitrogen and oxygen atoms in total. The zero-order valence-electron chi connectivity index (χ0n) is 18.9. The number of nitrogens with zero attached hydrogens (tertiary/aromatic N) is 2. The van der Waals surface area contributed by atoms with Crippen LogP contribution in [0.3, 0.4) is 0 Å². The fourth-order valence-electron chi connectivity index (χ4n) is 3.38. The molecule has 0 saturated heterocycles. The first-order valence-corrected chi connectivity index (χ1v) is 10.5. The highest BCUT2D eigenvalue weighted by Crippen LogP contribution is 2.30. The van der Waals surface area contributed by atoms with E-state index in [0.29, 0.717) is 31.0 Å². The number of para-hydroxylation sites is 1. The van der Waals surface area contributed by atoms with Crippen molar-refractivity contribution in [2.24, 2.45) is 0 Å². The van der Waals surface area contributed by atoms with Crippen LogP contribution in [-0.2, 0) is 30.5 Å². The van der Waals surface area contributed by atoms with Crippen molar-refractivity contribution in [2.75, 3.05) is 27.4 Å². The molecule has 182 valence electrons. The van der Waals surface area contributed by atoms with Gasteiger partial charge in [0.1, 0.15) is 12.0 Å². The molecule has 0 aliphatic rings. The number of carbonyl (C=O) groups excluding carboxylic acids is 1. The van der Waals surface area contributed by atoms with Crippen molar-refractivity contribution >= 4 is 5.91 Å². The second-order valence-corrected chi connectivity index (χ2v) is 7.53. The maximum Gasteiger partial charge on any atom is 0.416 e. The maximum absolute atomic E-state index is 13.2. The maximum atomic E-state index is 13.2. The molecule has 1 aromatic heterocycles. The number of halogens is 3. The normalized spacial score (nSPS) is 11.6. The molecule has 0 saturated carbocycles. The number of nitrogens with one attached hydrogen (secondary N) is 1. The number of benzene rings is 2. The minimum Gasteiger partial charge on any atom is -0.496 e. The zero-order valence-corrected chi connectivity index (χ0v) is 18.9. The SMILES string of the molecule is COCCNC(=O)c1coc(CN(Cc2cccc(C(F)(F)F)c2)Cc2ccccc2OC)n1. The van der Waals surface area contributed by atoms with Gasteiger partial charge in [0.2, 0.25) is 5.89 Å². The summed E-state index contributed by atoms with van der Waals surface area (Å²) >= 11 is 0. The summed E-state index contributed by atoms with van der Waals surface area (Å²) in [4.78, 5) is 18.3. The third kappa shape index (κ3) is 7.06. The van der Waals surface area contributed by atoms with Gasteiger partial charge in [0.15, 0.2) is 5.69 Å². The van der Waals surface area contributed by atoms with Crippen LogP contribution in [0.5, 0.6) is 5.75 Å². The van der Waals surface area contributed by atoms with E-state index >= 15 is 0 Å². The third-order valence-electron chi connectivity index (χ3n) is 4.98. The van der Waals surface area contributed by atoms with Crippen LogP contribution in [0.2, 0.25) is 0 Å². The van der Waals surface area contributed by atoms with Crippen molar-refractivity contribution in [1.82, 2.24) is 15.2 Å². The second kappa shape index (κ2) is 11.7. The molecular formula is C24H26F3N3O4. The van der Waals surface area contributed by atoms with Crippen LogP contribution in [0.25, 0.3) is 0 Å². The quantitative estimate of drug-likeness (QED) is 0.416. The first-order chi connectivity index (χ1) is 16.3. The summed E-state index contributed by atoms with van der Waals surface area (Å²) in [5.74, 6) is 0.516. The molecule has 3 aromatic rings. The van der Waals surface area contributed by atoms with Gasteiger partial charge in [-0.2, -0.15) is 13.2 Å². The lowest BCUT2D eigenvalue weighted by Gasteiger charge is -2.22. The van der Waals surface area contributed by atoms with Gasteiger partial charge >= 0.3 is 6.18 Å². The van der Waals surface area contributed by atoms with E-state index in [2.05, 4.69) is 10.3 Å². The smallest absolute Gasteiger partial charge is 0.416 e. The summed E-state index contributed by atoms with van der Waals surface area (Å²) in [6, 6.07) is 12.6. The standard InChI is InChI=1S/C24H26F3N3O4/c1-32-11-10-28-23(31)20-16-34-22(29-20)15-30(14-18-7-3-4-9-21(18)33-2)13-17-6-5-8-19(12-17)24(25,26)27/h3-9,12,16H,10-11,13-15H2,1-2H3,(H,28,31). The molecular weight excluding hydrogens is 451 g/mol. The van der Waals surface area contributed by atoms with Crippen LogP contribution in [0, 0.1) is 0 Å². The van der Waals surface area contributed by atoms with E-state index in [1.165, 1.54) is 19.4 Å². The molecule has 0 radical (unpaired) electrons. The van der Waals surface area contributed by atoms with Gasteiger partial charge in [-0.3, -0.25) is 9.69 Å². The number of hydrogen-bond acceptors (Lipinski definition) is 6. The number of oxazole rings is 1. The van der Waals surface area contributed by atoms with Gasteiger partial charge in [0.25, 0.3) is 5.91 Å². The Morgan fingerprint density at radius 2 is 1.88 bits per heavy atom. The number of ether oxygens (including phenoxy) is 2. The number of hydrogen-bond donors (Lipinski definition) is 1. The van der Waals surface area contributed by atoms with E-state index in [0.717, 1.165) is 17.7 Å². The predicted molar refractivity (Wildman–Crippen MR) is 118 cm³/mol. The molecule has 0 aliphatic heterocycles. The fraction of sp³-hybridized carbons (Fsp3) is 0.333. The Hall–Kier alpha value is -3.37. The summed E-state index contributed by atoms with van der Waals surface area (Å²) < 4.78 is 55.4. The third-order valence-corrected chi connectivity index (χ3v) is 4.98. The molecule has 10 heteroatoms. The molecule has 0 atom stereocenters.